The Balaban J connectivity index is 0.00000200. The van der Waals surface area contributed by atoms with Gasteiger partial charge in [0.1, 0.15) is 0 Å². The van der Waals surface area contributed by atoms with Crippen molar-refractivity contribution < 1.29 is 4.79 Å². The van der Waals surface area contributed by atoms with Gasteiger partial charge >= 0.3 is 0 Å². The molecule has 0 radical (unpaired) electrons. The molecule has 1 unspecified atom stereocenters. The second-order valence-electron chi connectivity index (χ2n) is 4.88. The van der Waals surface area contributed by atoms with Crippen LogP contribution in [0.5, 0.6) is 0 Å². The van der Waals surface area contributed by atoms with Crippen molar-refractivity contribution in [2.45, 2.75) is 19.3 Å². The molecule has 0 aromatic heterocycles. The molecule has 1 aliphatic rings. The van der Waals surface area contributed by atoms with Gasteiger partial charge in [-0.25, -0.2) is 0 Å². The first-order valence-electron chi connectivity index (χ1n) is 6.61. The Morgan fingerprint density at radius 1 is 1.50 bits per heavy atom. The lowest BCUT2D eigenvalue weighted by Crippen LogP contribution is -2.33. The van der Waals surface area contributed by atoms with Gasteiger partial charge in [0, 0.05) is 16.0 Å². The summed E-state index contributed by atoms with van der Waals surface area (Å²) < 4.78 is 0.772. The lowest BCUT2D eigenvalue weighted by Gasteiger charge is -2.22. The first-order chi connectivity index (χ1) is 9.16. The quantitative estimate of drug-likeness (QED) is 0.835. The zero-order chi connectivity index (χ0) is 13.7. The van der Waals surface area contributed by atoms with E-state index in [0.717, 1.165) is 24.0 Å². The average Bonchev–Trinajstić information content (AvgIpc) is 2.42. The number of nitrogens with one attached hydrogen (secondary N) is 2. The van der Waals surface area contributed by atoms with Crippen LogP contribution in [0.2, 0.25) is 5.02 Å². The van der Waals surface area contributed by atoms with E-state index in [-0.39, 0.29) is 18.3 Å². The second-order valence-corrected chi connectivity index (χ2v) is 6.17. The third-order valence-electron chi connectivity index (χ3n) is 3.41. The van der Waals surface area contributed by atoms with Crippen molar-refractivity contribution in [2.24, 2.45) is 5.92 Å². The molecule has 2 N–H and O–H groups in total. The first kappa shape index (κ1) is 17.8. The first-order valence-corrected chi connectivity index (χ1v) is 7.78. The predicted octanol–water partition coefficient (Wildman–Crippen LogP) is 3.64. The van der Waals surface area contributed by atoms with Crippen LogP contribution in [0, 0.1) is 5.92 Å². The summed E-state index contributed by atoms with van der Waals surface area (Å²) in [5.74, 6) is 0.606. The number of benzene rings is 1. The molecule has 0 aliphatic carbocycles. The van der Waals surface area contributed by atoms with Crippen molar-refractivity contribution in [1.29, 1.82) is 0 Å². The molecule has 1 fully saturated rings. The minimum atomic E-state index is -0.0712. The predicted molar refractivity (Wildman–Crippen MR) is 88.9 cm³/mol. The van der Waals surface area contributed by atoms with Crippen LogP contribution in [-0.4, -0.2) is 25.5 Å². The van der Waals surface area contributed by atoms with E-state index in [2.05, 4.69) is 26.6 Å². The van der Waals surface area contributed by atoms with Crippen LogP contribution in [0.1, 0.15) is 29.6 Å². The molecular formula is C14H19BrCl2N2O. The molecule has 1 saturated heterocycles. The van der Waals surface area contributed by atoms with E-state index in [0.29, 0.717) is 23.0 Å². The fourth-order valence-corrected chi connectivity index (χ4v) is 2.93. The average molecular weight is 382 g/mol. The standard InChI is InChI=1S/C14H18BrClN2O.ClH/c15-13-4-3-11(16)8-12(13)14(19)18-7-5-10-2-1-6-17-9-10;/h3-4,8,10,17H,1-2,5-7,9H2,(H,18,19);1H. The zero-order valence-electron chi connectivity index (χ0n) is 11.1. The van der Waals surface area contributed by atoms with E-state index < -0.39 is 0 Å². The van der Waals surface area contributed by atoms with Gasteiger partial charge in [-0.3, -0.25) is 4.79 Å². The van der Waals surface area contributed by atoms with Crippen LogP contribution in [0.15, 0.2) is 22.7 Å². The fraction of sp³-hybridized carbons (Fsp3) is 0.500. The topological polar surface area (TPSA) is 41.1 Å². The van der Waals surface area contributed by atoms with Crippen molar-refractivity contribution in [3.8, 4) is 0 Å². The summed E-state index contributed by atoms with van der Waals surface area (Å²) in [5.41, 5.74) is 0.592. The van der Waals surface area contributed by atoms with Gasteiger partial charge in [0.15, 0.2) is 0 Å². The molecule has 6 heteroatoms. The van der Waals surface area contributed by atoms with Gasteiger partial charge in [-0.15, -0.1) is 12.4 Å². The van der Waals surface area contributed by atoms with Gasteiger partial charge in [0.05, 0.1) is 5.56 Å². The molecule has 112 valence electrons. The largest absolute Gasteiger partial charge is 0.352 e. The molecule has 1 aromatic carbocycles. The third kappa shape index (κ3) is 5.24. The number of halogens is 3. The van der Waals surface area contributed by atoms with Crippen molar-refractivity contribution >= 4 is 45.8 Å². The molecule has 20 heavy (non-hydrogen) atoms. The molecule has 2 rings (SSSR count). The zero-order valence-corrected chi connectivity index (χ0v) is 14.3. The molecule has 0 bridgehead atoms. The van der Waals surface area contributed by atoms with Gasteiger partial charge < -0.3 is 10.6 Å². The summed E-state index contributed by atoms with van der Waals surface area (Å²) in [5, 5.41) is 6.92. The van der Waals surface area contributed by atoms with Gasteiger partial charge in [-0.05, 0) is 72.4 Å². The summed E-state index contributed by atoms with van der Waals surface area (Å²) >= 11 is 9.28. The number of carbonyl (C=O) groups is 1. The molecule has 1 atom stereocenters. The summed E-state index contributed by atoms with van der Waals surface area (Å²) in [6.07, 6.45) is 3.51. The number of hydrogen-bond donors (Lipinski definition) is 2. The van der Waals surface area contributed by atoms with Gasteiger partial charge in [0.25, 0.3) is 5.91 Å². The fourth-order valence-electron chi connectivity index (χ4n) is 2.33. The Labute approximate surface area is 139 Å². The van der Waals surface area contributed by atoms with E-state index in [4.69, 9.17) is 11.6 Å². The van der Waals surface area contributed by atoms with Crippen LogP contribution < -0.4 is 10.6 Å². The smallest absolute Gasteiger partial charge is 0.252 e. The molecule has 3 nitrogen and oxygen atoms in total. The van der Waals surface area contributed by atoms with E-state index in [1.165, 1.54) is 12.8 Å². The highest BCUT2D eigenvalue weighted by atomic mass is 79.9. The summed E-state index contributed by atoms with van der Waals surface area (Å²) in [4.78, 5) is 12.0. The van der Waals surface area contributed by atoms with Crippen molar-refractivity contribution in [2.75, 3.05) is 19.6 Å². The lowest BCUT2D eigenvalue weighted by atomic mass is 9.96. The number of rotatable bonds is 4. The number of piperidine rings is 1. The Hall–Kier alpha value is -0.290. The Morgan fingerprint density at radius 3 is 3.00 bits per heavy atom. The molecular weight excluding hydrogens is 363 g/mol. The Kier molecular flexibility index (Phi) is 7.88. The van der Waals surface area contributed by atoms with Gasteiger partial charge in [-0.2, -0.15) is 0 Å². The second kappa shape index (κ2) is 8.88. The Bertz CT molecular complexity index is 451. The number of carbonyl (C=O) groups excluding carboxylic acids is 1. The normalized spacial score (nSPS) is 18.2. The van der Waals surface area contributed by atoms with E-state index in [1.807, 2.05) is 0 Å². The maximum Gasteiger partial charge on any atom is 0.252 e. The van der Waals surface area contributed by atoms with E-state index in [1.54, 1.807) is 18.2 Å². The highest BCUT2D eigenvalue weighted by Gasteiger charge is 2.14. The number of hydrogen-bond acceptors (Lipinski definition) is 2. The van der Waals surface area contributed by atoms with Gasteiger partial charge in [0.2, 0.25) is 0 Å². The van der Waals surface area contributed by atoms with Crippen LogP contribution in [0.4, 0.5) is 0 Å². The maximum atomic E-state index is 12.0. The van der Waals surface area contributed by atoms with Crippen LogP contribution in [0.25, 0.3) is 0 Å². The van der Waals surface area contributed by atoms with E-state index in [9.17, 15) is 4.79 Å². The highest BCUT2D eigenvalue weighted by Crippen LogP contribution is 2.21. The summed E-state index contributed by atoms with van der Waals surface area (Å²) in [6.45, 7) is 2.90. The van der Waals surface area contributed by atoms with E-state index >= 15 is 0 Å². The molecule has 0 spiro atoms. The molecule has 1 heterocycles. The van der Waals surface area contributed by atoms with Gasteiger partial charge in [-0.1, -0.05) is 11.6 Å². The lowest BCUT2D eigenvalue weighted by molar-refractivity contribution is 0.0950. The molecule has 1 aliphatic heterocycles. The summed E-state index contributed by atoms with van der Waals surface area (Å²) in [6, 6.07) is 5.24. The minimum absolute atomic E-state index is 0. The highest BCUT2D eigenvalue weighted by molar-refractivity contribution is 9.10. The molecule has 1 amide bonds. The van der Waals surface area contributed by atoms with Crippen LogP contribution in [0.3, 0.4) is 0 Å². The minimum Gasteiger partial charge on any atom is -0.352 e. The van der Waals surface area contributed by atoms with Crippen molar-refractivity contribution in [3.63, 3.8) is 0 Å². The Morgan fingerprint density at radius 2 is 2.30 bits per heavy atom. The molecule has 1 aromatic rings. The van der Waals surface area contributed by atoms with Crippen molar-refractivity contribution in [1.82, 2.24) is 10.6 Å². The van der Waals surface area contributed by atoms with Crippen LogP contribution in [-0.2, 0) is 0 Å². The van der Waals surface area contributed by atoms with Crippen LogP contribution >= 0.6 is 39.9 Å². The van der Waals surface area contributed by atoms with Crippen molar-refractivity contribution in [3.05, 3.63) is 33.3 Å². The molecule has 0 saturated carbocycles. The maximum absolute atomic E-state index is 12.0. The number of amides is 1. The third-order valence-corrected chi connectivity index (χ3v) is 4.34. The SMILES string of the molecule is Cl.O=C(NCCC1CCCNC1)c1cc(Cl)ccc1Br. The monoisotopic (exact) mass is 380 g/mol. The summed E-state index contributed by atoms with van der Waals surface area (Å²) in [7, 11) is 0.